The number of methoxy groups -OCH3 is 2. The summed E-state index contributed by atoms with van der Waals surface area (Å²) in [5.41, 5.74) is 6.91. The summed E-state index contributed by atoms with van der Waals surface area (Å²) in [6.45, 7) is 0. The van der Waals surface area contributed by atoms with Gasteiger partial charge in [0.05, 0.1) is 19.1 Å². The van der Waals surface area contributed by atoms with Crippen molar-refractivity contribution in [3.05, 3.63) is 17.7 Å². The summed E-state index contributed by atoms with van der Waals surface area (Å²) < 4.78 is 10.6. The summed E-state index contributed by atoms with van der Waals surface area (Å²) in [7, 11) is 3.16. The van der Waals surface area contributed by atoms with Gasteiger partial charge in [-0.2, -0.15) is 0 Å². The van der Waals surface area contributed by atoms with Crippen LogP contribution in [0.3, 0.4) is 0 Å². The highest BCUT2D eigenvalue weighted by Gasteiger charge is 2.20. The Labute approximate surface area is 117 Å². The number of rotatable bonds is 7. The van der Waals surface area contributed by atoms with Crippen molar-refractivity contribution in [2.45, 2.75) is 23.8 Å². The molecule has 106 valence electrons. The van der Waals surface area contributed by atoms with Gasteiger partial charge in [-0.05, 0) is 24.8 Å². The topological polar surface area (TPSA) is 81.8 Å². The number of hydrogen-bond acceptors (Lipinski definition) is 5. The van der Waals surface area contributed by atoms with Gasteiger partial charge in [-0.15, -0.1) is 11.8 Å². The summed E-state index contributed by atoms with van der Waals surface area (Å²) in [6.07, 6.45) is 2.30. The maximum atomic E-state index is 10.7. The molecule has 1 aromatic rings. The molecule has 1 unspecified atom stereocenters. The first-order valence-corrected chi connectivity index (χ1v) is 7.03. The predicted octanol–water partition coefficient (Wildman–Crippen LogP) is 2.29. The molecule has 0 aliphatic rings. The van der Waals surface area contributed by atoms with E-state index in [0.29, 0.717) is 17.9 Å². The molecule has 1 rings (SSSR count). The van der Waals surface area contributed by atoms with Crippen LogP contribution in [-0.2, 0) is 4.79 Å². The second-order valence-electron chi connectivity index (χ2n) is 3.96. The zero-order valence-corrected chi connectivity index (χ0v) is 12.1. The number of aliphatic carboxylic acids is 1. The number of carboxylic acid groups (broad SMARTS) is 1. The Balaban J connectivity index is 3.16. The molecule has 0 aliphatic heterocycles. The minimum Gasteiger partial charge on any atom is -0.496 e. The third kappa shape index (κ3) is 3.78. The Hall–Kier alpha value is -1.40. The molecule has 0 amide bonds. The zero-order chi connectivity index (χ0) is 14.4. The lowest BCUT2D eigenvalue weighted by Crippen LogP contribution is -2.15. The van der Waals surface area contributed by atoms with Crippen LogP contribution in [0, 0.1) is 0 Å². The van der Waals surface area contributed by atoms with E-state index in [1.165, 1.54) is 11.8 Å². The molecule has 0 saturated carbocycles. The van der Waals surface area contributed by atoms with Gasteiger partial charge >= 0.3 is 5.97 Å². The van der Waals surface area contributed by atoms with Crippen molar-refractivity contribution in [3.63, 3.8) is 0 Å². The van der Waals surface area contributed by atoms with Crippen molar-refractivity contribution in [3.8, 4) is 11.5 Å². The van der Waals surface area contributed by atoms with Gasteiger partial charge in [0.25, 0.3) is 0 Å². The van der Waals surface area contributed by atoms with Crippen molar-refractivity contribution in [2.75, 3.05) is 20.5 Å². The molecule has 0 spiro atoms. The molecular weight excluding hydrogens is 266 g/mol. The van der Waals surface area contributed by atoms with Gasteiger partial charge < -0.3 is 20.3 Å². The molecule has 0 bridgehead atoms. The van der Waals surface area contributed by atoms with E-state index in [1.54, 1.807) is 20.3 Å². The fraction of sp³-hybridized carbons (Fsp3) is 0.462. The Kier molecular flexibility index (Phi) is 5.98. The lowest BCUT2D eigenvalue weighted by Gasteiger charge is -2.20. The second-order valence-corrected chi connectivity index (χ2v) is 4.77. The zero-order valence-electron chi connectivity index (χ0n) is 11.3. The number of carboxylic acids is 1. The molecule has 6 heteroatoms. The fourth-order valence-electron chi connectivity index (χ4n) is 1.89. The lowest BCUT2D eigenvalue weighted by atomic mass is 10.0. The van der Waals surface area contributed by atoms with Crippen molar-refractivity contribution in [2.24, 2.45) is 5.73 Å². The monoisotopic (exact) mass is 285 g/mol. The van der Waals surface area contributed by atoms with E-state index in [4.69, 9.17) is 20.3 Å². The first-order valence-electron chi connectivity index (χ1n) is 5.81. The van der Waals surface area contributed by atoms with Gasteiger partial charge in [0.1, 0.15) is 11.5 Å². The number of benzene rings is 1. The largest absolute Gasteiger partial charge is 0.496 e. The lowest BCUT2D eigenvalue weighted by molar-refractivity contribution is -0.137. The molecule has 0 heterocycles. The molecule has 0 saturated heterocycles. The van der Waals surface area contributed by atoms with E-state index in [-0.39, 0.29) is 6.42 Å². The van der Waals surface area contributed by atoms with Crippen molar-refractivity contribution < 1.29 is 19.4 Å². The van der Waals surface area contributed by atoms with Crippen LogP contribution >= 0.6 is 11.8 Å². The Morgan fingerprint density at radius 2 is 1.95 bits per heavy atom. The molecule has 1 atom stereocenters. The first-order chi connectivity index (χ1) is 9.04. The van der Waals surface area contributed by atoms with Gasteiger partial charge in [0.15, 0.2) is 0 Å². The third-order valence-corrected chi connectivity index (χ3v) is 3.63. The van der Waals surface area contributed by atoms with Crippen LogP contribution in [-0.4, -0.2) is 31.6 Å². The molecule has 5 nitrogen and oxygen atoms in total. The highest BCUT2D eigenvalue weighted by molar-refractivity contribution is 7.98. The van der Waals surface area contributed by atoms with E-state index in [1.807, 2.05) is 12.3 Å². The van der Waals surface area contributed by atoms with Gasteiger partial charge in [-0.25, -0.2) is 0 Å². The number of hydrogen-bond donors (Lipinski definition) is 2. The van der Waals surface area contributed by atoms with Gasteiger partial charge in [0, 0.05) is 18.0 Å². The maximum absolute atomic E-state index is 10.7. The molecule has 0 aliphatic carbocycles. The van der Waals surface area contributed by atoms with Crippen molar-refractivity contribution in [1.29, 1.82) is 0 Å². The number of carbonyl (C=O) groups is 1. The van der Waals surface area contributed by atoms with Crippen LogP contribution in [0.2, 0.25) is 0 Å². The second kappa shape index (κ2) is 7.25. The molecule has 3 N–H and O–H groups in total. The minimum absolute atomic E-state index is 0.0232. The average molecular weight is 285 g/mol. The predicted molar refractivity (Wildman–Crippen MR) is 75.1 cm³/mol. The first kappa shape index (κ1) is 15.7. The molecular formula is C13H19NO4S. The SMILES string of the molecule is COc1ccc(OC)c(C(N)CCC(=O)O)c1SC. The molecule has 0 radical (unpaired) electrons. The Morgan fingerprint density at radius 3 is 2.42 bits per heavy atom. The highest BCUT2D eigenvalue weighted by Crippen LogP contribution is 2.40. The van der Waals surface area contributed by atoms with Crippen molar-refractivity contribution in [1.82, 2.24) is 0 Å². The number of ether oxygens (including phenoxy) is 2. The molecule has 1 aromatic carbocycles. The van der Waals surface area contributed by atoms with Gasteiger partial charge in [-0.1, -0.05) is 0 Å². The summed E-state index contributed by atoms with van der Waals surface area (Å²) in [6, 6.07) is 3.20. The third-order valence-electron chi connectivity index (χ3n) is 2.80. The van der Waals surface area contributed by atoms with Gasteiger partial charge in [0.2, 0.25) is 0 Å². The normalized spacial score (nSPS) is 12.0. The summed E-state index contributed by atoms with van der Waals surface area (Å²) in [4.78, 5) is 11.5. The van der Waals surface area contributed by atoms with Crippen LogP contribution in [0.1, 0.15) is 24.4 Å². The smallest absolute Gasteiger partial charge is 0.303 e. The van der Waals surface area contributed by atoms with E-state index in [9.17, 15) is 4.79 Å². The maximum Gasteiger partial charge on any atom is 0.303 e. The summed E-state index contributed by atoms with van der Waals surface area (Å²) >= 11 is 1.51. The average Bonchev–Trinajstić information content (AvgIpc) is 2.42. The molecule has 0 fully saturated rings. The number of thioether (sulfide) groups is 1. The summed E-state index contributed by atoms with van der Waals surface area (Å²) in [5, 5.41) is 8.75. The fourth-order valence-corrected chi connectivity index (χ4v) is 2.71. The van der Waals surface area contributed by atoms with E-state index < -0.39 is 12.0 Å². The minimum atomic E-state index is -0.858. The van der Waals surface area contributed by atoms with Crippen LogP contribution in [0.25, 0.3) is 0 Å². The van der Waals surface area contributed by atoms with E-state index >= 15 is 0 Å². The van der Waals surface area contributed by atoms with Crippen molar-refractivity contribution >= 4 is 17.7 Å². The van der Waals surface area contributed by atoms with Crippen LogP contribution in [0.4, 0.5) is 0 Å². The van der Waals surface area contributed by atoms with Gasteiger partial charge in [-0.3, -0.25) is 4.79 Å². The van der Waals surface area contributed by atoms with Crippen LogP contribution in [0.5, 0.6) is 11.5 Å². The molecule has 19 heavy (non-hydrogen) atoms. The summed E-state index contributed by atoms with van der Waals surface area (Å²) in [5.74, 6) is 0.514. The van der Waals surface area contributed by atoms with Crippen LogP contribution in [0.15, 0.2) is 17.0 Å². The molecule has 0 aromatic heterocycles. The Morgan fingerprint density at radius 1 is 1.37 bits per heavy atom. The van der Waals surface area contributed by atoms with E-state index in [2.05, 4.69) is 0 Å². The quantitative estimate of drug-likeness (QED) is 0.748. The van der Waals surface area contributed by atoms with Crippen LogP contribution < -0.4 is 15.2 Å². The number of nitrogens with two attached hydrogens (primary N) is 1. The Bertz CT molecular complexity index is 451. The standard InChI is InChI=1S/C13H19NO4S/c1-17-9-5-6-10(18-2)13(19-3)12(9)8(14)4-7-11(15)16/h5-6,8H,4,7,14H2,1-3H3,(H,15,16). The highest BCUT2D eigenvalue weighted by atomic mass is 32.2. The van der Waals surface area contributed by atoms with E-state index in [0.717, 1.165) is 10.5 Å².